The van der Waals surface area contributed by atoms with Gasteiger partial charge < -0.3 is 10.6 Å². The second kappa shape index (κ2) is 6.33. The average Bonchev–Trinajstić information content (AvgIpc) is 2.85. The SMILES string of the molecule is NC(=O)C1CCCCN1C(=O)CS(=O)(=O)c1ccc(Cl)s1. The van der Waals surface area contributed by atoms with Gasteiger partial charge in [-0.25, -0.2) is 8.42 Å². The molecule has 2 heterocycles. The van der Waals surface area contributed by atoms with Crippen LogP contribution in [0.25, 0.3) is 0 Å². The van der Waals surface area contributed by atoms with E-state index in [0.717, 1.165) is 24.2 Å². The van der Waals surface area contributed by atoms with Crippen LogP contribution in [-0.2, 0) is 19.4 Å². The zero-order chi connectivity index (χ0) is 15.6. The molecule has 1 unspecified atom stereocenters. The van der Waals surface area contributed by atoms with Gasteiger partial charge in [-0.3, -0.25) is 9.59 Å². The number of carbonyl (C=O) groups is 2. The monoisotopic (exact) mass is 350 g/mol. The number of hydrogen-bond acceptors (Lipinski definition) is 5. The minimum atomic E-state index is -3.75. The third-order valence-electron chi connectivity index (χ3n) is 3.32. The molecular formula is C12H15ClN2O4S2. The number of amides is 2. The maximum atomic E-state index is 12.2. The van der Waals surface area contributed by atoms with Gasteiger partial charge in [0.1, 0.15) is 16.0 Å². The molecule has 1 aromatic rings. The van der Waals surface area contributed by atoms with Gasteiger partial charge in [-0.15, -0.1) is 11.3 Å². The molecule has 0 radical (unpaired) electrons. The van der Waals surface area contributed by atoms with Gasteiger partial charge in [0.15, 0.2) is 9.84 Å². The zero-order valence-corrected chi connectivity index (χ0v) is 13.5. The fraction of sp³-hybridized carbons (Fsp3) is 0.500. The molecule has 1 fully saturated rings. The van der Waals surface area contributed by atoms with Crippen molar-refractivity contribution in [2.24, 2.45) is 5.73 Å². The molecule has 1 saturated heterocycles. The van der Waals surface area contributed by atoms with E-state index >= 15 is 0 Å². The maximum Gasteiger partial charge on any atom is 0.240 e. The van der Waals surface area contributed by atoms with Crippen molar-refractivity contribution in [3.8, 4) is 0 Å². The number of primary amides is 1. The molecular weight excluding hydrogens is 336 g/mol. The number of nitrogens with zero attached hydrogens (tertiary/aromatic N) is 1. The Morgan fingerprint density at radius 1 is 1.38 bits per heavy atom. The summed E-state index contributed by atoms with van der Waals surface area (Å²) in [4.78, 5) is 24.9. The first kappa shape index (κ1) is 16.3. The number of thiophene rings is 1. The van der Waals surface area contributed by atoms with Crippen molar-refractivity contribution in [3.63, 3.8) is 0 Å². The van der Waals surface area contributed by atoms with E-state index in [1.54, 1.807) is 0 Å². The normalized spacial score (nSPS) is 19.5. The summed E-state index contributed by atoms with van der Waals surface area (Å²) in [5.41, 5.74) is 5.28. The third kappa shape index (κ3) is 3.75. The Labute approximate surface area is 131 Å². The summed E-state index contributed by atoms with van der Waals surface area (Å²) in [5, 5.41) is 0. The summed E-state index contributed by atoms with van der Waals surface area (Å²) in [5.74, 6) is -1.86. The van der Waals surface area contributed by atoms with Gasteiger partial charge in [0, 0.05) is 6.54 Å². The quantitative estimate of drug-likeness (QED) is 0.877. The summed E-state index contributed by atoms with van der Waals surface area (Å²) in [6, 6.07) is 2.13. The molecule has 2 amide bonds. The van der Waals surface area contributed by atoms with Crippen LogP contribution >= 0.6 is 22.9 Å². The largest absolute Gasteiger partial charge is 0.368 e. The average molecular weight is 351 g/mol. The number of hydrogen-bond donors (Lipinski definition) is 1. The minimum absolute atomic E-state index is 0.0495. The highest BCUT2D eigenvalue weighted by molar-refractivity contribution is 7.94. The maximum absolute atomic E-state index is 12.2. The summed E-state index contributed by atoms with van der Waals surface area (Å²) < 4.78 is 24.7. The number of likely N-dealkylation sites (tertiary alicyclic amines) is 1. The van der Waals surface area contributed by atoms with Crippen molar-refractivity contribution in [1.29, 1.82) is 0 Å². The highest BCUT2D eigenvalue weighted by Crippen LogP contribution is 2.27. The van der Waals surface area contributed by atoms with E-state index in [2.05, 4.69) is 0 Å². The minimum Gasteiger partial charge on any atom is -0.368 e. The van der Waals surface area contributed by atoms with Crippen LogP contribution < -0.4 is 5.73 Å². The van der Waals surface area contributed by atoms with Crippen LogP contribution in [0.3, 0.4) is 0 Å². The molecule has 21 heavy (non-hydrogen) atoms. The van der Waals surface area contributed by atoms with Crippen LogP contribution in [0, 0.1) is 0 Å². The van der Waals surface area contributed by atoms with E-state index in [4.69, 9.17) is 17.3 Å². The molecule has 0 aromatic carbocycles. The second-order valence-corrected chi connectivity index (χ2v) is 8.75. The Morgan fingerprint density at radius 2 is 2.10 bits per heavy atom. The first-order valence-electron chi connectivity index (χ1n) is 6.38. The first-order valence-corrected chi connectivity index (χ1v) is 9.23. The Bertz CT molecular complexity index is 656. The fourth-order valence-electron chi connectivity index (χ4n) is 2.31. The molecule has 0 aliphatic carbocycles. The van der Waals surface area contributed by atoms with Crippen molar-refractivity contribution in [2.75, 3.05) is 12.3 Å². The van der Waals surface area contributed by atoms with E-state index in [1.807, 2.05) is 0 Å². The predicted molar refractivity (Wildman–Crippen MR) is 79.9 cm³/mol. The van der Waals surface area contributed by atoms with Gasteiger partial charge in [0.25, 0.3) is 0 Å². The smallest absolute Gasteiger partial charge is 0.240 e. The van der Waals surface area contributed by atoms with Crippen LogP contribution in [-0.4, -0.2) is 43.5 Å². The van der Waals surface area contributed by atoms with Gasteiger partial charge in [-0.2, -0.15) is 0 Å². The number of nitrogens with two attached hydrogens (primary N) is 1. The summed E-state index contributed by atoms with van der Waals surface area (Å²) >= 11 is 6.62. The summed E-state index contributed by atoms with van der Waals surface area (Å²) in [6.07, 6.45) is 2.01. The van der Waals surface area contributed by atoms with E-state index in [-0.39, 0.29) is 4.21 Å². The summed E-state index contributed by atoms with van der Waals surface area (Å²) in [7, 11) is -3.75. The second-order valence-electron chi connectivity index (χ2n) is 4.82. The number of carbonyl (C=O) groups excluding carboxylic acids is 2. The van der Waals surface area contributed by atoms with E-state index in [1.165, 1.54) is 17.0 Å². The lowest BCUT2D eigenvalue weighted by Gasteiger charge is -2.33. The van der Waals surface area contributed by atoms with Crippen LogP contribution in [0.15, 0.2) is 16.3 Å². The van der Waals surface area contributed by atoms with Gasteiger partial charge >= 0.3 is 0 Å². The Balaban J connectivity index is 2.14. The first-order chi connectivity index (χ1) is 9.81. The lowest BCUT2D eigenvalue weighted by molar-refractivity contribution is -0.139. The molecule has 0 saturated carbocycles. The number of piperidine rings is 1. The fourth-order valence-corrected chi connectivity index (χ4v) is 5.08. The topological polar surface area (TPSA) is 97.5 Å². The molecule has 1 aromatic heterocycles. The number of halogens is 1. The number of sulfone groups is 1. The molecule has 116 valence electrons. The highest BCUT2D eigenvalue weighted by Gasteiger charge is 2.33. The molecule has 0 bridgehead atoms. The Kier molecular flexibility index (Phi) is 4.90. The lowest BCUT2D eigenvalue weighted by Crippen LogP contribution is -2.51. The van der Waals surface area contributed by atoms with Gasteiger partial charge in [0.05, 0.1) is 4.34 Å². The van der Waals surface area contributed by atoms with Crippen LogP contribution in [0.5, 0.6) is 0 Å². The zero-order valence-electron chi connectivity index (χ0n) is 11.1. The third-order valence-corrected chi connectivity index (χ3v) is 6.73. The lowest BCUT2D eigenvalue weighted by atomic mass is 10.0. The Hall–Kier alpha value is -1.12. The van der Waals surface area contributed by atoms with Crippen molar-refractivity contribution in [2.45, 2.75) is 29.5 Å². The van der Waals surface area contributed by atoms with Gasteiger partial charge in [0.2, 0.25) is 11.8 Å². The van der Waals surface area contributed by atoms with E-state index in [0.29, 0.717) is 17.3 Å². The van der Waals surface area contributed by atoms with E-state index < -0.39 is 33.4 Å². The molecule has 1 aliphatic heterocycles. The van der Waals surface area contributed by atoms with Crippen LogP contribution in [0.1, 0.15) is 19.3 Å². The standard InChI is InChI=1S/C12H15ClN2O4S2/c13-9-4-5-11(20-9)21(18,19)7-10(16)15-6-2-1-3-8(15)12(14)17/h4-5,8H,1-3,6-7H2,(H2,14,17). The molecule has 6 nitrogen and oxygen atoms in total. The molecule has 2 N–H and O–H groups in total. The van der Waals surface area contributed by atoms with E-state index in [9.17, 15) is 18.0 Å². The van der Waals surface area contributed by atoms with Crippen LogP contribution in [0.4, 0.5) is 0 Å². The van der Waals surface area contributed by atoms with Crippen molar-refractivity contribution >= 4 is 44.6 Å². The van der Waals surface area contributed by atoms with Crippen LogP contribution in [0.2, 0.25) is 4.34 Å². The molecule has 9 heteroatoms. The molecule has 2 rings (SSSR count). The van der Waals surface area contributed by atoms with Crippen molar-refractivity contribution < 1.29 is 18.0 Å². The Morgan fingerprint density at radius 3 is 2.67 bits per heavy atom. The predicted octanol–water partition coefficient (Wildman–Crippen LogP) is 1.04. The van der Waals surface area contributed by atoms with Crippen molar-refractivity contribution in [1.82, 2.24) is 4.90 Å². The molecule has 0 spiro atoms. The van der Waals surface area contributed by atoms with Crippen molar-refractivity contribution in [3.05, 3.63) is 16.5 Å². The van der Waals surface area contributed by atoms with Gasteiger partial charge in [-0.1, -0.05) is 11.6 Å². The van der Waals surface area contributed by atoms with Gasteiger partial charge in [-0.05, 0) is 31.4 Å². The molecule has 1 aliphatic rings. The highest BCUT2D eigenvalue weighted by atomic mass is 35.5. The summed E-state index contributed by atoms with van der Waals surface area (Å²) in [6.45, 7) is 0.354. The number of rotatable bonds is 4. The molecule has 1 atom stereocenters.